The molecule has 1 atom stereocenters. The van der Waals surface area contributed by atoms with Crippen LogP contribution in [0.25, 0.3) is 0 Å². The van der Waals surface area contributed by atoms with Crippen molar-refractivity contribution < 1.29 is 9.53 Å². The van der Waals surface area contributed by atoms with Crippen molar-refractivity contribution in [3.8, 4) is 0 Å². The molecule has 20 heavy (non-hydrogen) atoms. The monoisotopic (exact) mass is 285 g/mol. The summed E-state index contributed by atoms with van der Waals surface area (Å²) in [6, 6.07) is -0.128. The second kappa shape index (κ2) is 8.60. The van der Waals surface area contributed by atoms with Crippen molar-refractivity contribution in [1.82, 2.24) is 10.2 Å². The van der Waals surface area contributed by atoms with E-state index in [1.165, 1.54) is 0 Å². The van der Waals surface area contributed by atoms with Crippen molar-refractivity contribution in [2.24, 2.45) is 11.1 Å². The molecule has 1 aliphatic heterocycles. The van der Waals surface area contributed by atoms with E-state index in [0.29, 0.717) is 13.2 Å². The predicted octanol–water partition coefficient (Wildman–Crippen LogP) is 0.979. The Morgan fingerprint density at radius 1 is 1.50 bits per heavy atom. The molecule has 1 rings (SSSR count). The van der Waals surface area contributed by atoms with Gasteiger partial charge in [0.15, 0.2) is 0 Å². The molecule has 5 heteroatoms. The quantitative estimate of drug-likeness (QED) is 0.697. The molecule has 1 saturated heterocycles. The number of hydrogen-bond donors (Lipinski definition) is 2. The molecule has 1 aliphatic rings. The largest absolute Gasteiger partial charge is 0.378 e. The van der Waals surface area contributed by atoms with Crippen LogP contribution in [-0.4, -0.2) is 56.2 Å². The van der Waals surface area contributed by atoms with E-state index in [9.17, 15) is 4.79 Å². The third-order valence-corrected chi connectivity index (χ3v) is 3.94. The van der Waals surface area contributed by atoms with E-state index >= 15 is 0 Å². The van der Waals surface area contributed by atoms with Gasteiger partial charge in [0.2, 0.25) is 5.91 Å². The van der Waals surface area contributed by atoms with Gasteiger partial charge in [-0.3, -0.25) is 9.69 Å². The lowest BCUT2D eigenvalue weighted by molar-refractivity contribution is -0.132. The average Bonchev–Trinajstić information content (AvgIpc) is 2.45. The van der Waals surface area contributed by atoms with E-state index in [2.05, 4.69) is 31.0 Å². The number of hydrogen-bond acceptors (Lipinski definition) is 4. The molecule has 0 aromatic carbocycles. The number of carbonyl (C=O) groups excluding carboxylic acids is 1. The zero-order valence-electron chi connectivity index (χ0n) is 13.3. The van der Waals surface area contributed by atoms with Gasteiger partial charge in [0.1, 0.15) is 6.04 Å². The Hall–Kier alpha value is -0.650. The molecule has 3 N–H and O–H groups in total. The molecule has 1 fully saturated rings. The van der Waals surface area contributed by atoms with Crippen LogP contribution in [0, 0.1) is 5.41 Å². The minimum atomic E-state index is -0.128. The van der Waals surface area contributed by atoms with E-state index in [-0.39, 0.29) is 17.4 Å². The van der Waals surface area contributed by atoms with Crippen LogP contribution < -0.4 is 11.1 Å². The molecule has 0 radical (unpaired) electrons. The lowest BCUT2D eigenvalue weighted by Crippen LogP contribution is -2.54. The Morgan fingerprint density at radius 3 is 2.90 bits per heavy atom. The highest BCUT2D eigenvalue weighted by Gasteiger charge is 2.29. The first-order valence-corrected chi connectivity index (χ1v) is 7.80. The molecule has 1 unspecified atom stereocenters. The molecule has 5 nitrogen and oxygen atoms in total. The maximum absolute atomic E-state index is 12.1. The van der Waals surface area contributed by atoms with E-state index in [1.807, 2.05) is 0 Å². The molecule has 0 saturated carbocycles. The summed E-state index contributed by atoms with van der Waals surface area (Å²) in [6.07, 6.45) is 3.12. The Kier molecular flexibility index (Phi) is 7.48. The van der Waals surface area contributed by atoms with Crippen molar-refractivity contribution >= 4 is 5.91 Å². The number of carbonyl (C=O) groups is 1. The highest BCUT2D eigenvalue weighted by atomic mass is 16.5. The molecule has 0 aromatic heterocycles. The van der Waals surface area contributed by atoms with E-state index in [0.717, 1.165) is 45.5 Å². The molecule has 1 amide bonds. The fraction of sp³-hybridized carbons (Fsp3) is 0.933. The maximum atomic E-state index is 12.1. The summed E-state index contributed by atoms with van der Waals surface area (Å²) in [5, 5.41) is 2.97. The average molecular weight is 285 g/mol. The number of amides is 1. The maximum Gasteiger partial charge on any atom is 0.239 e. The number of ether oxygens (including phenoxy) is 1. The van der Waals surface area contributed by atoms with Gasteiger partial charge in [-0.05, 0) is 37.8 Å². The molecule has 0 spiro atoms. The Bertz CT molecular complexity index is 295. The third-order valence-electron chi connectivity index (χ3n) is 3.94. The standard InChI is InChI=1S/C15H31N3O2/c1-4-7-17-14(19)13-11-20-10-9-18(13)8-5-6-15(2,3)12-16/h13H,4-12,16H2,1-3H3,(H,17,19). The first-order chi connectivity index (χ1) is 9.50. The lowest BCUT2D eigenvalue weighted by Gasteiger charge is -2.35. The normalized spacial score (nSPS) is 20.9. The number of morpholine rings is 1. The van der Waals surface area contributed by atoms with Crippen LogP contribution in [0.5, 0.6) is 0 Å². The van der Waals surface area contributed by atoms with E-state index in [1.54, 1.807) is 0 Å². The Balaban J connectivity index is 2.42. The van der Waals surface area contributed by atoms with E-state index in [4.69, 9.17) is 10.5 Å². The van der Waals surface area contributed by atoms with Crippen LogP contribution in [-0.2, 0) is 9.53 Å². The summed E-state index contributed by atoms with van der Waals surface area (Å²) < 4.78 is 5.46. The van der Waals surface area contributed by atoms with Crippen LogP contribution in [0.3, 0.4) is 0 Å². The molecule has 0 bridgehead atoms. The van der Waals surface area contributed by atoms with Gasteiger partial charge >= 0.3 is 0 Å². The molecule has 0 aliphatic carbocycles. The molecule has 1 heterocycles. The van der Waals surface area contributed by atoms with Crippen LogP contribution in [0.2, 0.25) is 0 Å². The smallest absolute Gasteiger partial charge is 0.239 e. The molecule has 118 valence electrons. The van der Waals surface area contributed by atoms with Crippen LogP contribution in [0.1, 0.15) is 40.0 Å². The van der Waals surface area contributed by atoms with Gasteiger partial charge in [-0.15, -0.1) is 0 Å². The number of nitrogens with one attached hydrogen (secondary N) is 1. The second-order valence-electron chi connectivity index (χ2n) is 6.39. The fourth-order valence-electron chi connectivity index (χ4n) is 2.38. The summed E-state index contributed by atoms with van der Waals surface area (Å²) in [4.78, 5) is 14.4. The van der Waals surface area contributed by atoms with Gasteiger partial charge in [-0.1, -0.05) is 20.8 Å². The van der Waals surface area contributed by atoms with Gasteiger partial charge in [0, 0.05) is 13.1 Å². The zero-order valence-corrected chi connectivity index (χ0v) is 13.3. The summed E-state index contributed by atoms with van der Waals surface area (Å²) in [6.45, 7) is 10.9. The topological polar surface area (TPSA) is 67.6 Å². The predicted molar refractivity (Wildman–Crippen MR) is 81.6 cm³/mol. The first-order valence-electron chi connectivity index (χ1n) is 7.80. The van der Waals surface area contributed by atoms with Crippen molar-refractivity contribution in [3.05, 3.63) is 0 Å². The number of nitrogens with two attached hydrogens (primary N) is 1. The first kappa shape index (κ1) is 17.4. The van der Waals surface area contributed by atoms with Crippen LogP contribution in [0.4, 0.5) is 0 Å². The van der Waals surface area contributed by atoms with Gasteiger partial charge in [0.25, 0.3) is 0 Å². The fourth-order valence-corrected chi connectivity index (χ4v) is 2.38. The summed E-state index contributed by atoms with van der Waals surface area (Å²) >= 11 is 0. The van der Waals surface area contributed by atoms with Gasteiger partial charge in [0.05, 0.1) is 13.2 Å². The summed E-state index contributed by atoms with van der Waals surface area (Å²) in [5.41, 5.74) is 5.94. The summed E-state index contributed by atoms with van der Waals surface area (Å²) in [7, 11) is 0. The molecule has 0 aromatic rings. The van der Waals surface area contributed by atoms with Gasteiger partial charge < -0.3 is 15.8 Å². The minimum absolute atomic E-state index is 0.102. The van der Waals surface area contributed by atoms with Gasteiger partial charge in [-0.25, -0.2) is 0 Å². The Morgan fingerprint density at radius 2 is 2.25 bits per heavy atom. The Labute approximate surface area is 123 Å². The molecular formula is C15H31N3O2. The van der Waals surface area contributed by atoms with Crippen molar-refractivity contribution in [2.75, 3.05) is 39.4 Å². The van der Waals surface area contributed by atoms with Crippen molar-refractivity contribution in [1.29, 1.82) is 0 Å². The highest BCUT2D eigenvalue weighted by molar-refractivity contribution is 5.81. The van der Waals surface area contributed by atoms with Crippen LogP contribution >= 0.6 is 0 Å². The van der Waals surface area contributed by atoms with Crippen molar-refractivity contribution in [2.45, 2.75) is 46.1 Å². The van der Waals surface area contributed by atoms with Crippen LogP contribution in [0.15, 0.2) is 0 Å². The highest BCUT2D eigenvalue weighted by Crippen LogP contribution is 2.21. The third kappa shape index (κ3) is 5.77. The van der Waals surface area contributed by atoms with E-state index < -0.39 is 0 Å². The SMILES string of the molecule is CCCNC(=O)C1COCCN1CCCC(C)(C)CN. The number of nitrogens with zero attached hydrogens (tertiary/aromatic N) is 1. The van der Waals surface area contributed by atoms with Crippen molar-refractivity contribution in [3.63, 3.8) is 0 Å². The minimum Gasteiger partial charge on any atom is -0.378 e. The number of rotatable bonds is 8. The summed E-state index contributed by atoms with van der Waals surface area (Å²) in [5.74, 6) is 0.102. The second-order valence-corrected chi connectivity index (χ2v) is 6.39. The van der Waals surface area contributed by atoms with Gasteiger partial charge in [-0.2, -0.15) is 0 Å². The lowest BCUT2D eigenvalue weighted by atomic mass is 9.88. The zero-order chi connectivity index (χ0) is 15.0. The molecular weight excluding hydrogens is 254 g/mol.